The van der Waals surface area contributed by atoms with Crippen molar-refractivity contribution >= 4 is 16.7 Å². The fourth-order valence-corrected chi connectivity index (χ4v) is 2.28. The maximum Gasteiger partial charge on any atom is 0.309 e. The Balaban J connectivity index is 1.75. The minimum atomic E-state index is -0.247. The first-order valence-corrected chi connectivity index (χ1v) is 7.07. The summed E-state index contributed by atoms with van der Waals surface area (Å²) in [6, 6.07) is 21.6. The Morgan fingerprint density at radius 1 is 0.864 bits per heavy atom. The van der Waals surface area contributed by atoms with E-state index in [9.17, 15) is 4.79 Å². The number of carbonyl (C=O) groups is 1. The van der Waals surface area contributed by atoms with Crippen LogP contribution in [0.1, 0.15) is 5.56 Å². The van der Waals surface area contributed by atoms with Gasteiger partial charge in [-0.15, -0.1) is 0 Å². The van der Waals surface area contributed by atoms with Crippen molar-refractivity contribution in [1.82, 2.24) is 0 Å². The molecule has 0 aliphatic heterocycles. The monoisotopic (exact) mass is 292 g/mol. The van der Waals surface area contributed by atoms with E-state index in [0.717, 1.165) is 22.4 Å². The molecule has 3 aromatic carbocycles. The number of ether oxygens (including phenoxy) is 2. The van der Waals surface area contributed by atoms with Crippen molar-refractivity contribution in [1.29, 1.82) is 0 Å². The van der Waals surface area contributed by atoms with Gasteiger partial charge in [0.1, 0.15) is 11.5 Å². The van der Waals surface area contributed by atoms with E-state index < -0.39 is 0 Å². The summed E-state index contributed by atoms with van der Waals surface area (Å²) in [6.07, 6.45) is 0.271. The second-order valence-corrected chi connectivity index (χ2v) is 5.01. The van der Waals surface area contributed by atoms with Gasteiger partial charge in [0.15, 0.2) is 0 Å². The van der Waals surface area contributed by atoms with E-state index >= 15 is 0 Å². The molecule has 0 heterocycles. The van der Waals surface area contributed by atoms with E-state index in [1.165, 1.54) is 12.5 Å². The van der Waals surface area contributed by atoms with E-state index in [2.05, 4.69) is 16.9 Å². The molecule has 3 heteroatoms. The lowest BCUT2D eigenvalue weighted by molar-refractivity contribution is -0.139. The first-order valence-electron chi connectivity index (χ1n) is 7.07. The van der Waals surface area contributed by atoms with Crippen LogP contribution >= 0.6 is 0 Å². The van der Waals surface area contributed by atoms with Crippen LogP contribution in [0.5, 0.6) is 11.5 Å². The molecule has 0 fully saturated rings. The zero-order valence-electron chi connectivity index (χ0n) is 12.3. The molecule has 3 aromatic rings. The van der Waals surface area contributed by atoms with Crippen LogP contribution in [-0.2, 0) is 16.0 Å². The van der Waals surface area contributed by atoms with Gasteiger partial charge in [0.2, 0.25) is 0 Å². The molecule has 0 spiro atoms. The number of methoxy groups -OCH3 is 1. The Bertz CT molecular complexity index is 791. The number of carbonyl (C=O) groups excluding carboxylic acids is 1. The van der Waals surface area contributed by atoms with Crippen LogP contribution in [0.25, 0.3) is 10.8 Å². The number of fused-ring (bicyclic) bond motifs is 1. The molecule has 0 N–H and O–H groups in total. The predicted octanol–water partition coefficient (Wildman–Crippen LogP) is 4.35. The molecule has 0 unspecified atom stereocenters. The topological polar surface area (TPSA) is 35.5 Å². The Labute approximate surface area is 129 Å². The Morgan fingerprint density at radius 2 is 1.55 bits per heavy atom. The van der Waals surface area contributed by atoms with Crippen LogP contribution in [0, 0.1) is 0 Å². The van der Waals surface area contributed by atoms with Crippen LogP contribution in [0.4, 0.5) is 0 Å². The fourth-order valence-electron chi connectivity index (χ4n) is 2.28. The van der Waals surface area contributed by atoms with Gasteiger partial charge in [0.25, 0.3) is 0 Å². The van der Waals surface area contributed by atoms with Gasteiger partial charge in [0.05, 0.1) is 13.5 Å². The largest absolute Gasteiger partial charge is 0.469 e. The number of hydrogen-bond acceptors (Lipinski definition) is 3. The quantitative estimate of drug-likeness (QED) is 0.671. The predicted molar refractivity (Wildman–Crippen MR) is 86.2 cm³/mol. The van der Waals surface area contributed by atoms with Crippen molar-refractivity contribution in [3.63, 3.8) is 0 Å². The van der Waals surface area contributed by atoms with Crippen molar-refractivity contribution < 1.29 is 14.3 Å². The van der Waals surface area contributed by atoms with E-state index in [-0.39, 0.29) is 12.4 Å². The Morgan fingerprint density at radius 3 is 2.27 bits per heavy atom. The number of hydrogen-bond donors (Lipinski definition) is 0. The molecule has 0 bridgehead atoms. The van der Waals surface area contributed by atoms with E-state index in [0.29, 0.717) is 0 Å². The van der Waals surface area contributed by atoms with E-state index in [1.54, 1.807) is 0 Å². The molecule has 0 amide bonds. The molecule has 22 heavy (non-hydrogen) atoms. The first-order chi connectivity index (χ1) is 10.7. The van der Waals surface area contributed by atoms with Crippen LogP contribution in [-0.4, -0.2) is 13.1 Å². The van der Waals surface area contributed by atoms with Gasteiger partial charge in [0, 0.05) is 0 Å². The summed E-state index contributed by atoms with van der Waals surface area (Å²) in [5.41, 5.74) is 0.901. The van der Waals surface area contributed by atoms with Gasteiger partial charge in [-0.25, -0.2) is 0 Å². The molecule has 3 rings (SSSR count). The highest BCUT2D eigenvalue weighted by molar-refractivity contribution is 5.83. The third-order valence-electron chi connectivity index (χ3n) is 3.46. The van der Waals surface area contributed by atoms with Crippen molar-refractivity contribution in [3.05, 3.63) is 72.3 Å². The van der Waals surface area contributed by atoms with Gasteiger partial charge in [-0.3, -0.25) is 4.79 Å². The van der Waals surface area contributed by atoms with Crippen molar-refractivity contribution in [2.45, 2.75) is 6.42 Å². The summed E-state index contributed by atoms with van der Waals surface area (Å²) >= 11 is 0. The standard InChI is InChI=1S/C19H16O3/c1-21-19(20)12-14-6-9-17(10-7-14)22-18-11-8-15-4-2-3-5-16(15)13-18/h2-11,13H,12H2,1H3. The summed E-state index contributed by atoms with van der Waals surface area (Å²) in [4.78, 5) is 11.2. The summed E-state index contributed by atoms with van der Waals surface area (Å²) in [5, 5.41) is 2.32. The van der Waals surface area contributed by atoms with Gasteiger partial charge in [-0.1, -0.05) is 42.5 Å². The molecular formula is C19H16O3. The molecule has 0 radical (unpaired) electrons. The van der Waals surface area contributed by atoms with Crippen LogP contribution in [0.15, 0.2) is 66.7 Å². The normalized spacial score (nSPS) is 10.4. The SMILES string of the molecule is COC(=O)Cc1ccc(Oc2ccc3ccccc3c2)cc1. The summed E-state index contributed by atoms with van der Waals surface area (Å²) < 4.78 is 10.5. The fraction of sp³-hybridized carbons (Fsp3) is 0.105. The van der Waals surface area contributed by atoms with Crippen LogP contribution in [0.3, 0.4) is 0 Å². The minimum Gasteiger partial charge on any atom is -0.469 e. The Kier molecular flexibility index (Phi) is 4.05. The molecule has 0 saturated heterocycles. The molecule has 110 valence electrons. The third kappa shape index (κ3) is 3.26. The lowest BCUT2D eigenvalue weighted by Gasteiger charge is -2.08. The van der Waals surface area contributed by atoms with E-state index in [1.807, 2.05) is 54.6 Å². The molecule has 0 saturated carbocycles. The van der Waals surface area contributed by atoms with Gasteiger partial charge >= 0.3 is 5.97 Å². The Hall–Kier alpha value is -2.81. The van der Waals surface area contributed by atoms with Crippen molar-refractivity contribution in [2.24, 2.45) is 0 Å². The number of esters is 1. The lowest BCUT2D eigenvalue weighted by atomic mass is 10.1. The number of benzene rings is 3. The molecule has 0 aliphatic rings. The highest BCUT2D eigenvalue weighted by Gasteiger charge is 2.04. The third-order valence-corrected chi connectivity index (χ3v) is 3.46. The van der Waals surface area contributed by atoms with Crippen LogP contribution < -0.4 is 4.74 Å². The molecule has 0 aliphatic carbocycles. The second kappa shape index (κ2) is 6.31. The molecule has 0 atom stereocenters. The number of rotatable bonds is 4. The average Bonchev–Trinajstić information content (AvgIpc) is 2.56. The maximum absolute atomic E-state index is 11.2. The molecule has 3 nitrogen and oxygen atoms in total. The van der Waals surface area contributed by atoms with Crippen molar-refractivity contribution in [2.75, 3.05) is 7.11 Å². The zero-order chi connectivity index (χ0) is 15.4. The first kappa shape index (κ1) is 14.1. The second-order valence-electron chi connectivity index (χ2n) is 5.01. The molecule has 0 aromatic heterocycles. The summed E-state index contributed by atoms with van der Waals surface area (Å²) in [6.45, 7) is 0. The highest BCUT2D eigenvalue weighted by atomic mass is 16.5. The smallest absolute Gasteiger partial charge is 0.309 e. The van der Waals surface area contributed by atoms with Gasteiger partial charge in [-0.2, -0.15) is 0 Å². The minimum absolute atomic E-state index is 0.247. The van der Waals surface area contributed by atoms with E-state index in [4.69, 9.17) is 4.74 Å². The summed E-state index contributed by atoms with van der Waals surface area (Å²) in [5.74, 6) is 1.28. The van der Waals surface area contributed by atoms with Crippen LogP contribution in [0.2, 0.25) is 0 Å². The highest BCUT2D eigenvalue weighted by Crippen LogP contribution is 2.25. The van der Waals surface area contributed by atoms with Crippen molar-refractivity contribution in [3.8, 4) is 11.5 Å². The maximum atomic E-state index is 11.2. The van der Waals surface area contributed by atoms with Gasteiger partial charge in [-0.05, 0) is 40.6 Å². The van der Waals surface area contributed by atoms with Gasteiger partial charge < -0.3 is 9.47 Å². The summed E-state index contributed by atoms with van der Waals surface area (Å²) in [7, 11) is 1.39. The lowest BCUT2D eigenvalue weighted by Crippen LogP contribution is -2.04. The molecular weight excluding hydrogens is 276 g/mol. The average molecular weight is 292 g/mol. The zero-order valence-corrected chi connectivity index (χ0v) is 12.3.